The summed E-state index contributed by atoms with van der Waals surface area (Å²) in [5, 5.41) is 5.99. The summed E-state index contributed by atoms with van der Waals surface area (Å²) in [6.45, 7) is 0. The summed E-state index contributed by atoms with van der Waals surface area (Å²) in [6, 6.07) is 8.49. The number of carbonyl (C=O) groups is 2. The average molecular weight is 327 g/mol. The first kappa shape index (κ1) is 15.5. The lowest BCUT2D eigenvalue weighted by atomic mass is 10.1. The van der Waals surface area contributed by atoms with E-state index in [1.165, 1.54) is 12.6 Å². The molecule has 0 atom stereocenters. The van der Waals surface area contributed by atoms with Gasteiger partial charge in [-0.3, -0.25) is 14.7 Å². The molecule has 3 rings (SSSR count). The molecule has 8 heteroatoms. The molecule has 24 heavy (non-hydrogen) atoms. The van der Waals surface area contributed by atoms with Crippen LogP contribution in [0, 0.1) is 0 Å². The van der Waals surface area contributed by atoms with E-state index in [1.54, 1.807) is 37.4 Å². The number of benzene rings is 1. The lowest BCUT2D eigenvalue weighted by molar-refractivity contribution is -0.114. The van der Waals surface area contributed by atoms with Crippen LogP contribution in [0.15, 0.2) is 47.3 Å². The lowest BCUT2D eigenvalue weighted by Gasteiger charge is -2.06. The van der Waals surface area contributed by atoms with Gasteiger partial charge in [0.1, 0.15) is 17.8 Å². The van der Waals surface area contributed by atoms with Gasteiger partial charge in [0.15, 0.2) is 0 Å². The number of hydrogen-bond acceptors (Lipinski definition) is 7. The van der Waals surface area contributed by atoms with E-state index in [9.17, 15) is 9.59 Å². The number of aromatic nitrogens is 3. The van der Waals surface area contributed by atoms with Gasteiger partial charge in [0.25, 0.3) is 11.7 Å². The van der Waals surface area contributed by atoms with E-state index < -0.39 is 11.6 Å². The molecular formula is C16H13N3O5. The molecule has 0 aliphatic heterocycles. The standard InChI is InChI=1S/C16H13N3O5/c1-22-11-3-2-4-12(8-11)24-16-10(5-6-23-16)7-13(20)14(21)15-17-9-18-19-15/h2-6,8-9H,7H2,1H3,(H,17,18,19). The number of Topliss-reactive ketones (excluding diaryl/α,β-unsaturated/α-hetero) is 2. The third-order valence-corrected chi connectivity index (χ3v) is 3.18. The highest BCUT2D eigenvalue weighted by Gasteiger charge is 2.22. The predicted octanol–water partition coefficient (Wildman–Crippen LogP) is 2.19. The van der Waals surface area contributed by atoms with Crippen LogP contribution in [0.5, 0.6) is 17.4 Å². The number of rotatable bonds is 7. The van der Waals surface area contributed by atoms with Crippen LogP contribution in [0.3, 0.4) is 0 Å². The van der Waals surface area contributed by atoms with Gasteiger partial charge in [-0.2, -0.15) is 0 Å². The van der Waals surface area contributed by atoms with Gasteiger partial charge in [-0.15, -0.1) is 5.10 Å². The van der Waals surface area contributed by atoms with Crippen LogP contribution in [-0.4, -0.2) is 33.9 Å². The van der Waals surface area contributed by atoms with E-state index >= 15 is 0 Å². The fourth-order valence-electron chi connectivity index (χ4n) is 2.01. The summed E-state index contributed by atoms with van der Waals surface area (Å²) in [5.74, 6) is -0.357. The van der Waals surface area contributed by atoms with Crippen molar-refractivity contribution in [1.82, 2.24) is 15.2 Å². The van der Waals surface area contributed by atoms with Gasteiger partial charge < -0.3 is 13.9 Å². The number of ketones is 2. The van der Waals surface area contributed by atoms with Gasteiger partial charge in [-0.25, -0.2) is 4.98 Å². The molecule has 3 aromatic rings. The molecule has 2 heterocycles. The summed E-state index contributed by atoms with van der Waals surface area (Å²) in [5.41, 5.74) is 0.451. The number of nitrogens with zero attached hydrogens (tertiary/aromatic N) is 2. The second kappa shape index (κ2) is 6.78. The predicted molar refractivity (Wildman–Crippen MR) is 81.2 cm³/mol. The van der Waals surface area contributed by atoms with Crippen molar-refractivity contribution in [3.05, 3.63) is 54.3 Å². The van der Waals surface area contributed by atoms with Crippen molar-refractivity contribution < 1.29 is 23.5 Å². The Morgan fingerprint density at radius 2 is 2.08 bits per heavy atom. The van der Waals surface area contributed by atoms with Crippen molar-refractivity contribution in [3.63, 3.8) is 0 Å². The Morgan fingerprint density at radius 3 is 2.83 bits per heavy atom. The number of aromatic amines is 1. The van der Waals surface area contributed by atoms with Crippen molar-refractivity contribution in [2.24, 2.45) is 0 Å². The van der Waals surface area contributed by atoms with E-state index in [2.05, 4.69) is 15.2 Å². The van der Waals surface area contributed by atoms with Gasteiger partial charge >= 0.3 is 0 Å². The third kappa shape index (κ3) is 3.32. The second-order valence-electron chi connectivity index (χ2n) is 4.77. The Kier molecular flexibility index (Phi) is 4.37. The minimum Gasteiger partial charge on any atom is -0.497 e. The summed E-state index contributed by atoms with van der Waals surface area (Å²) in [6.07, 6.45) is 2.44. The number of carbonyl (C=O) groups excluding carboxylic acids is 2. The van der Waals surface area contributed by atoms with Crippen LogP contribution in [0.2, 0.25) is 0 Å². The normalized spacial score (nSPS) is 10.4. The van der Waals surface area contributed by atoms with Crippen molar-refractivity contribution in [2.75, 3.05) is 7.11 Å². The van der Waals surface area contributed by atoms with E-state index in [0.717, 1.165) is 0 Å². The van der Waals surface area contributed by atoms with Gasteiger partial charge in [0.05, 0.1) is 13.4 Å². The molecule has 0 amide bonds. The Morgan fingerprint density at radius 1 is 1.25 bits per heavy atom. The third-order valence-electron chi connectivity index (χ3n) is 3.18. The topological polar surface area (TPSA) is 107 Å². The Balaban J connectivity index is 1.73. The first-order valence-corrected chi connectivity index (χ1v) is 6.99. The highest BCUT2D eigenvalue weighted by Crippen LogP contribution is 2.29. The highest BCUT2D eigenvalue weighted by molar-refractivity contribution is 6.43. The highest BCUT2D eigenvalue weighted by atomic mass is 16.6. The maximum Gasteiger partial charge on any atom is 0.293 e. The fourth-order valence-corrected chi connectivity index (χ4v) is 2.01. The lowest BCUT2D eigenvalue weighted by Crippen LogP contribution is -2.18. The molecule has 0 aliphatic carbocycles. The minimum atomic E-state index is -0.773. The number of methoxy groups -OCH3 is 1. The molecule has 0 spiro atoms. The molecule has 122 valence electrons. The summed E-state index contributed by atoms with van der Waals surface area (Å²) in [7, 11) is 1.55. The smallest absolute Gasteiger partial charge is 0.293 e. The number of H-pyrrole nitrogens is 1. The van der Waals surface area contributed by atoms with Crippen LogP contribution < -0.4 is 9.47 Å². The van der Waals surface area contributed by atoms with Crippen molar-refractivity contribution >= 4 is 11.6 Å². The van der Waals surface area contributed by atoms with Crippen LogP contribution >= 0.6 is 0 Å². The summed E-state index contributed by atoms with van der Waals surface area (Å²) < 4.78 is 16.0. The largest absolute Gasteiger partial charge is 0.497 e. The molecule has 0 bridgehead atoms. The molecule has 0 saturated carbocycles. The molecule has 1 aromatic carbocycles. The quantitative estimate of drug-likeness (QED) is 0.523. The molecule has 0 saturated heterocycles. The number of ether oxygens (including phenoxy) is 2. The Labute approximate surface area is 136 Å². The zero-order chi connectivity index (χ0) is 16.9. The molecular weight excluding hydrogens is 314 g/mol. The van der Waals surface area contributed by atoms with Crippen molar-refractivity contribution in [1.29, 1.82) is 0 Å². The molecule has 0 fully saturated rings. The number of hydrogen-bond donors (Lipinski definition) is 1. The van der Waals surface area contributed by atoms with Crippen LogP contribution in [-0.2, 0) is 11.2 Å². The van der Waals surface area contributed by atoms with Crippen molar-refractivity contribution in [3.8, 4) is 17.4 Å². The summed E-state index contributed by atoms with van der Waals surface area (Å²) >= 11 is 0. The van der Waals surface area contributed by atoms with Gasteiger partial charge in [-0.05, 0) is 18.2 Å². The zero-order valence-corrected chi connectivity index (χ0v) is 12.7. The second-order valence-corrected chi connectivity index (χ2v) is 4.77. The van der Waals surface area contributed by atoms with E-state index in [4.69, 9.17) is 13.9 Å². The molecule has 0 aliphatic rings. The Hall–Kier alpha value is -3.42. The monoisotopic (exact) mass is 327 g/mol. The van der Waals surface area contributed by atoms with Crippen LogP contribution in [0.1, 0.15) is 16.2 Å². The fraction of sp³-hybridized carbons (Fsp3) is 0.125. The molecule has 0 unspecified atom stereocenters. The summed E-state index contributed by atoms with van der Waals surface area (Å²) in [4.78, 5) is 27.6. The van der Waals surface area contributed by atoms with E-state index in [1.807, 2.05) is 0 Å². The molecule has 0 radical (unpaired) electrons. The maximum atomic E-state index is 12.1. The Bertz CT molecular complexity index is 854. The van der Waals surface area contributed by atoms with E-state index in [0.29, 0.717) is 17.1 Å². The average Bonchev–Trinajstić information content (AvgIpc) is 3.27. The van der Waals surface area contributed by atoms with Gasteiger partial charge in [0.2, 0.25) is 11.6 Å². The zero-order valence-electron chi connectivity index (χ0n) is 12.7. The molecule has 1 N–H and O–H groups in total. The molecule has 2 aromatic heterocycles. The van der Waals surface area contributed by atoms with E-state index in [-0.39, 0.29) is 18.2 Å². The number of furan rings is 1. The first-order chi connectivity index (χ1) is 11.7. The molecule has 8 nitrogen and oxygen atoms in total. The number of nitrogens with one attached hydrogen (secondary N) is 1. The van der Waals surface area contributed by atoms with Gasteiger partial charge in [-0.1, -0.05) is 6.07 Å². The van der Waals surface area contributed by atoms with Crippen molar-refractivity contribution in [2.45, 2.75) is 6.42 Å². The van der Waals surface area contributed by atoms with Gasteiger partial charge in [0, 0.05) is 18.1 Å². The van der Waals surface area contributed by atoms with Crippen LogP contribution in [0.25, 0.3) is 0 Å². The maximum absolute atomic E-state index is 12.1. The first-order valence-electron chi connectivity index (χ1n) is 6.99. The minimum absolute atomic E-state index is 0.138. The SMILES string of the molecule is COc1cccc(Oc2occc2CC(=O)C(=O)c2nc[nH]n2)c1. The van der Waals surface area contributed by atoms with Crippen LogP contribution in [0.4, 0.5) is 0 Å².